The summed E-state index contributed by atoms with van der Waals surface area (Å²) in [6, 6.07) is 9.70. The van der Waals surface area contributed by atoms with Crippen molar-refractivity contribution < 1.29 is 9.47 Å². The zero-order chi connectivity index (χ0) is 19.5. The van der Waals surface area contributed by atoms with E-state index >= 15 is 0 Å². The first-order valence-corrected chi connectivity index (χ1v) is 9.87. The van der Waals surface area contributed by atoms with Crippen LogP contribution in [0.15, 0.2) is 36.5 Å². The molecule has 0 saturated heterocycles. The third-order valence-electron chi connectivity index (χ3n) is 4.46. The molecule has 6 heteroatoms. The van der Waals surface area contributed by atoms with Crippen molar-refractivity contribution in [3.05, 3.63) is 52.8 Å². The fourth-order valence-electron chi connectivity index (χ4n) is 2.79. The number of rotatable bonds is 12. The minimum absolute atomic E-state index is 0.420. The van der Waals surface area contributed by atoms with Crippen LogP contribution < -0.4 is 14.8 Å². The Morgan fingerprint density at radius 3 is 2.52 bits per heavy atom. The summed E-state index contributed by atoms with van der Waals surface area (Å²) in [4.78, 5) is 6.50. The number of benzene rings is 1. The number of aromatic nitrogens is 1. The quantitative estimate of drug-likeness (QED) is 0.435. The molecular formula is C21H30ClN3O2. The average molecular weight is 392 g/mol. The topological polar surface area (TPSA) is 46.6 Å². The fourth-order valence-corrected chi connectivity index (χ4v) is 2.91. The summed E-state index contributed by atoms with van der Waals surface area (Å²) < 4.78 is 11.4. The molecule has 0 bridgehead atoms. The molecule has 1 heterocycles. The van der Waals surface area contributed by atoms with E-state index in [0.717, 1.165) is 56.2 Å². The van der Waals surface area contributed by atoms with Gasteiger partial charge in [0.15, 0.2) is 11.5 Å². The van der Waals surface area contributed by atoms with Gasteiger partial charge in [0.25, 0.3) is 0 Å². The van der Waals surface area contributed by atoms with Gasteiger partial charge < -0.3 is 19.7 Å². The van der Waals surface area contributed by atoms with Gasteiger partial charge in [0.2, 0.25) is 0 Å². The first kappa shape index (κ1) is 21.5. The molecule has 1 aromatic heterocycles. The van der Waals surface area contributed by atoms with Gasteiger partial charge >= 0.3 is 0 Å². The summed E-state index contributed by atoms with van der Waals surface area (Å²) in [6.45, 7) is 10.0. The van der Waals surface area contributed by atoms with E-state index in [1.54, 1.807) is 19.4 Å². The average Bonchev–Trinajstić information content (AvgIpc) is 2.70. The van der Waals surface area contributed by atoms with E-state index in [4.69, 9.17) is 21.1 Å². The van der Waals surface area contributed by atoms with Crippen LogP contribution in [0.3, 0.4) is 0 Å². The molecule has 0 atom stereocenters. The van der Waals surface area contributed by atoms with Crippen molar-refractivity contribution in [2.75, 3.05) is 33.3 Å². The number of methoxy groups -OCH3 is 1. The zero-order valence-corrected chi connectivity index (χ0v) is 17.3. The highest BCUT2D eigenvalue weighted by atomic mass is 35.5. The number of hydrogen-bond donors (Lipinski definition) is 1. The number of nitrogens with one attached hydrogen (secondary N) is 1. The Labute approximate surface area is 167 Å². The summed E-state index contributed by atoms with van der Waals surface area (Å²) in [5.41, 5.74) is 2.13. The lowest BCUT2D eigenvalue weighted by Gasteiger charge is -2.17. The molecule has 148 valence electrons. The molecule has 2 aromatic rings. The number of pyridine rings is 1. The van der Waals surface area contributed by atoms with E-state index in [2.05, 4.69) is 35.1 Å². The second-order valence-corrected chi connectivity index (χ2v) is 6.71. The Balaban J connectivity index is 1.81. The zero-order valence-electron chi connectivity index (χ0n) is 16.5. The van der Waals surface area contributed by atoms with Crippen LogP contribution in [0.4, 0.5) is 0 Å². The lowest BCUT2D eigenvalue weighted by molar-refractivity contribution is 0.284. The van der Waals surface area contributed by atoms with E-state index < -0.39 is 0 Å². The van der Waals surface area contributed by atoms with E-state index in [1.165, 1.54) is 5.56 Å². The number of nitrogens with zero attached hydrogens (tertiary/aromatic N) is 2. The summed E-state index contributed by atoms with van der Waals surface area (Å²) in [6.07, 6.45) is 2.86. The Bertz CT molecular complexity index is 676. The van der Waals surface area contributed by atoms with Crippen molar-refractivity contribution in [3.8, 4) is 11.5 Å². The molecule has 1 aromatic carbocycles. The molecule has 27 heavy (non-hydrogen) atoms. The van der Waals surface area contributed by atoms with Gasteiger partial charge in [-0.2, -0.15) is 0 Å². The summed E-state index contributed by atoms with van der Waals surface area (Å²) in [5, 5.41) is 3.97. The third kappa shape index (κ3) is 7.37. The molecular weight excluding hydrogens is 362 g/mol. The van der Waals surface area contributed by atoms with E-state index in [-0.39, 0.29) is 0 Å². The van der Waals surface area contributed by atoms with Crippen LogP contribution in [0.25, 0.3) is 0 Å². The number of ether oxygens (including phenoxy) is 2. The lowest BCUT2D eigenvalue weighted by atomic mass is 10.2. The molecule has 0 spiro atoms. The van der Waals surface area contributed by atoms with Crippen LogP contribution in [0, 0.1) is 0 Å². The Hall–Kier alpha value is -1.82. The monoisotopic (exact) mass is 391 g/mol. The normalized spacial score (nSPS) is 11.0. The van der Waals surface area contributed by atoms with Gasteiger partial charge in [-0.05, 0) is 56.4 Å². The highest BCUT2D eigenvalue weighted by Crippen LogP contribution is 2.28. The van der Waals surface area contributed by atoms with Crippen molar-refractivity contribution in [3.63, 3.8) is 0 Å². The lowest BCUT2D eigenvalue weighted by Crippen LogP contribution is -2.27. The number of halogens is 1. The van der Waals surface area contributed by atoms with Crippen molar-refractivity contribution in [2.45, 2.75) is 33.4 Å². The number of hydrogen-bond acceptors (Lipinski definition) is 5. The summed E-state index contributed by atoms with van der Waals surface area (Å²) in [5.74, 6) is 1.46. The minimum Gasteiger partial charge on any atom is -0.493 e. The standard InChI is InChI=1S/C21H30ClN3O2/c1-4-25(5-2)12-6-11-23-14-17-7-9-19(20(13-17)26-3)27-16-18-8-10-21(22)24-15-18/h7-10,13,15,23H,4-6,11-12,14,16H2,1-3H3. The highest BCUT2D eigenvalue weighted by molar-refractivity contribution is 6.29. The van der Waals surface area contributed by atoms with Crippen LogP contribution in [0.5, 0.6) is 11.5 Å². The molecule has 0 amide bonds. The first-order chi connectivity index (χ1) is 13.2. The van der Waals surface area contributed by atoms with Gasteiger partial charge in [-0.3, -0.25) is 0 Å². The van der Waals surface area contributed by atoms with Crippen LogP contribution >= 0.6 is 11.6 Å². The second kappa shape index (κ2) is 11.8. The molecule has 0 aliphatic carbocycles. The molecule has 0 aliphatic heterocycles. The van der Waals surface area contributed by atoms with Crippen LogP contribution in [-0.4, -0.2) is 43.2 Å². The fraction of sp³-hybridized carbons (Fsp3) is 0.476. The van der Waals surface area contributed by atoms with Crippen molar-refractivity contribution in [2.24, 2.45) is 0 Å². The first-order valence-electron chi connectivity index (χ1n) is 9.49. The van der Waals surface area contributed by atoms with Crippen molar-refractivity contribution in [1.82, 2.24) is 15.2 Å². The molecule has 0 saturated carbocycles. The van der Waals surface area contributed by atoms with Crippen LogP contribution in [0.1, 0.15) is 31.4 Å². The maximum absolute atomic E-state index is 5.87. The SMILES string of the molecule is CCN(CC)CCCNCc1ccc(OCc2ccc(Cl)nc2)c(OC)c1. The molecule has 2 rings (SSSR count). The van der Waals surface area contributed by atoms with Crippen molar-refractivity contribution >= 4 is 11.6 Å². The van der Waals surface area contributed by atoms with E-state index in [0.29, 0.717) is 11.8 Å². The molecule has 0 aliphatic rings. The predicted molar refractivity (Wildman–Crippen MR) is 111 cm³/mol. The van der Waals surface area contributed by atoms with Crippen LogP contribution in [0.2, 0.25) is 5.15 Å². The van der Waals surface area contributed by atoms with Gasteiger partial charge in [-0.15, -0.1) is 0 Å². The van der Waals surface area contributed by atoms with Gasteiger partial charge in [-0.25, -0.2) is 4.98 Å². The van der Waals surface area contributed by atoms with E-state index in [1.807, 2.05) is 18.2 Å². The maximum atomic E-state index is 5.87. The summed E-state index contributed by atoms with van der Waals surface area (Å²) >= 11 is 5.81. The third-order valence-corrected chi connectivity index (χ3v) is 4.69. The van der Waals surface area contributed by atoms with E-state index in [9.17, 15) is 0 Å². The van der Waals surface area contributed by atoms with Gasteiger partial charge in [0, 0.05) is 18.3 Å². The Morgan fingerprint density at radius 2 is 1.85 bits per heavy atom. The van der Waals surface area contributed by atoms with Crippen LogP contribution in [-0.2, 0) is 13.2 Å². The van der Waals surface area contributed by atoms with Gasteiger partial charge in [0.05, 0.1) is 7.11 Å². The largest absolute Gasteiger partial charge is 0.493 e. The second-order valence-electron chi connectivity index (χ2n) is 6.32. The van der Waals surface area contributed by atoms with Crippen molar-refractivity contribution in [1.29, 1.82) is 0 Å². The molecule has 0 unspecified atom stereocenters. The smallest absolute Gasteiger partial charge is 0.161 e. The Morgan fingerprint density at radius 1 is 1.07 bits per heavy atom. The predicted octanol–water partition coefficient (Wildman–Crippen LogP) is 4.14. The van der Waals surface area contributed by atoms with Gasteiger partial charge in [-0.1, -0.05) is 37.6 Å². The molecule has 1 N–H and O–H groups in total. The minimum atomic E-state index is 0.420. The summed E-state index contributed by atoms with van der Waals surface area (Å²) in [7, 11) is 1.66. The Kier molecular flexibility index (Phi) is 9.39. The van der Waals surface area contributed by atoms with Gasteiger partial charge in [0.1, 0.15) is 11.8 Å². The highest BCUT2D eigenvalue weighted by Gasteiger charge is 2.07. The molecule has 0 radical (unpaired) electrons. The maximum Gasteiger partial charge on any atom is 0.161 e. The molecule has 0 fully saturated rings. The molecule has 5 nitrogen and oxygen atoms in total.